The van der Waals surface area contributed by atoms with E-state index in [4.69, 9.17) is 28.6 Å². The first-order valence-corrected chi connectivity index (χ1v) is 13.4. The van der Waals surface area contributed by atoms with Crippen molar-refractivity contribution in [3.8, 4) is 5.75 Å². The molecule has 2 amide bonds. The Bertz CT molecular complexity index is 1260. The molecule has 0 unspecified atom stereocenters. The molecule has 38 heavy (non-hydrogen) atoms. The number of halogens is 1. The maximum absolute atomic E-state index is 13.0. The van der Waals surface area contributed by atoms with Crippen molar-refractivity contribution in [3.63, 3.8) is 0 Å². The zero-order valence-electron chi connectivity index (χ0n) is 21.3. The molecule has 1 fully saturated rings. The van der Waals surface area contributed by atoms with Gasteiger partial charge < -0.3 is 25.2 Å². The summed E-state index contributed by atoms with van der Waals surface area (Å²) in [6.45, 7) is 5.25. The summed E-state index contributed by atoms with van der Waals surface area (Å²) >= 11 is 11.9. The highest BCUT2D eigenvalue weighted by molar-refractivity contribution is 7.80. The molecular weight excluding hydrogens is 520 g/mol. The topological polar surface area (TPSA) is 73.9 Å². The van der Waals surface area contributed by atoms with Crippen molar-refractivity contribution in [1.82, 2.24) is 10.2 Å². The Labute approximate surface area is 233 Å². The number of nitrogens with zero attached hydrogens (tertiary/aromatic N) is 2. The first-order valence-electron chi connectivity index (χ1n) is 12.6. The number of carbonyl (C=O) groups excluding carboxylic acids is 2. The van der Waals surface area contributed by atoms with E-state index in [1.165, 1.54) is 0 Å². The van der Waals surface area contributed by atoms with Crippen LogP contribution in [0.3, 0.4) is 0 Å². The molecule has 7 nitrogen and oxygen atoms in total. The van der Waals surface area contributed by atoms with Crippen LogP contribution in [0.15, 0.2) is 72.8 Å². The Morgan fingerprint density at radius 1 is 0.974 bits per heavy atom. The highest BCUT2D eigenvalue weighted by Gasteiger charge is 2.23. The number of benzene rings is 3. The second kappa shape index (κ2) is 13.3. The van der Waals surface area contributed by atoms with E-state index in [-0.39, 0.29) is 23.3 Å². The van der Waals surface area contributed by atoms with Crippen LogP contribution in [0, 0.1) is 0 Å². The van der Waals surface area contributed by atoms with Gasteiger partial charge in [0.25, 0.3) is 5.91 Å². The van der Waals surface area contributed by atoms with Gasteiger partial charge in [-0.05, 0) is 66.7 Å². The molecule has 9 heteroatoms. The van der Waals surface area contributed by atoms with E-state index in [1.807, 2.05) is 71.6 Å². The molecule has 0 bridgehead atoms. The van der Waals surface area contributed by atoms with Gasteiger partial charge in [0.05, 0.1) is 23.7 Å². The molecule has 0 atom stereocenters. The normalized spacial score (nSPS) is 13.1. The summed E-state index contributed by atoms with van der Waals surface area (Å²) in [6.07, 6.45) is 1.19. The molecule has 2 N–H and O–H groups in total. The highest BCUT2D eigenvalue weighted by Crippen LogP contribution is 2.30. The summed E-state index contributed by atoms with van der Waals surface area (Å²) in [5, 5.41) is 6.50. The van der Waals surface area contributed by atoms with Crippen LogP contribution >= 0.6 is 23.8 Å². The van der Waals surface area contributed by atoms with Gasteiger partial charge in [-0.3, -0.25) is 9.59 Å². The number of hydrogen-bond acceptors (Lipinski definition) is 5. The average molecular weight is 551 g/mol. The molecule has 0 radical (unpaired) electrons. The standard InChI is InChI=1S/C29H31ClN4O3S/c1-2-18-37-24-11-8-22(9-12-24)28(36)34-16-14-33(15-17-34)26-13-10-23(20-25(26)30)31-29(38)32-27(35)19-21-6-4-3-5-7-21/h3-13,20H,2,14-19H2,1H3,(H2,31,32,35,38). The monoisotopic (exact) mass is 550 g/mol. The largest absolute Gasteiger partial charge is 0.494 e. The van der Waals surface area contributed by atoms with Gasteiger partial charge in [-0.1, -0.05) is 48.9 Å². The van der Waals surface area contributed by atoms with Gasteiger partial charge in [0.1, 0.15) is 5.75 Å². The van der Waals surface area contributed by atoms with Gasteiger partial charge in [0.2, 0.25) is 5.91 Å². The third kappa shape index (κ3) is 7.46. The van der Waals surface area contributed by atoms with Crippen LogP contribution in [-0.4, -0.2) is 54.6 Å². The molecule has 0 spiro atoms. The Kier molecular flexibility index (Phi) is 9.56. The van der Waals surface area contributed by atoms with Gasteiger partial charge in [-0.25, -0.2) is 0 Å². The van der Waals surface area contributed by atoms with E-state index in [0.29, 0.717) is 49.1 Å². The number of carbonyl (C=O) groups is 2. The van der Waals surface area contributed by atoms with E-state index in [1.54, 1.807) is 6.07 Å². The van der Waals surface area contributed by atoms with Gasteiger partial charge in [0.15, 0.2) is 5.11 Å². The summed E-state index contributed by atoms with van der Waals surface area (Å²) in [5.74, 6) is 0.598. The highest BCUT2D eigenvalue weighted by atomic mass is 35.5. The first kappa shape index (κ1) is 27.4. The van der Waals surface area contributed by atoms with E-state index in [2.05, 4.69) is 22.5 Å². The number of thiocarbonyl (C=S) groups is 1. The Morgan fingerprint density at radius 2 is 1.68 bits per heavy atom. The van der Waals surface area contributed by atoms with Gasteiger partial charge in [-0.15, -0.1) is 0 Å². The minimum Gasteiger partial charge on any atom is -0.494 e. The van der Waals surface area contributed by atoms with Crippen LogP contribution in [0.4, 0.5) is 11.4 Å². The number of rotatable bonds is 8. The fourth-order valence-corrected chi connectivity index (χ4v) is 4.73. The summed E-state index contributed by atoms with van der Waals surface area (Å²) in [6, 6.07) is 22.4. The second-order valence-electron chi connectivity index (χ2n) is 8.98. The molecule has 1 heterocycles. The lowest BCUT2D eigenvalue weighted by Gasteiger charge is -2.36. The molecule has 0 aromatic heterocycles. The van der Waals surface area contributed by atoms with Gasteiger partial charge in [0, 0.05) is 37.4 Å². The quantitative estimate of drug-likeness (QED) is 0.378. The van der Waals surface area contributed by atoms with Gasteiger partial charge >= 0.3 is 0 Å². The second-order valence-corrected chi connectivity index (χ2v) is 9.80. The minimum absolute atomic E-state index is 0.0140. The van der Waals surface area contributed by atoms with Crippen LogP contribution in [0.5, 0.6) is 5.75 Å². The van der Waals surface area contributed by atoms with Crippen molar-refractivity contribution in [2.75, 3.05) is 43.0 Å². The van der Waals surface area contributed by atoms with Crippen LogP contribution in [0.25, 0.3) is 0 Å². The lowest BCUT2D eigenvalue weighted by Crippen LogP contribution is -2.48. The Morgan fingerprint density at radius 3 is 2.34 bits per heavy atom. The SMILES string of the molecule is CCCOc1ccc(C(=O)N2CCN(c3ccc(NC(=S)NC(=O)Cc4ccccc4)cc3Cl)CC2)cc1. The van der Waals surface area contributed by atoms with Crippen molar-refractivity contribution in [2.24, 2.45) is 0 Å². The first-order chi connectivity index (χ1) is 18.4. The fourth-order valence-electron chi connectivity index (χ4n) is 4.20. The third-order valence-electron chi connectivity index (χ3n) is 6.15. The predicted molar refractivity (Wildman–Crippen MR) is 156 cm³/mol. The smallest absolute Gasteiger partial charge is 0.253 e. The Hall–Kier alpha value is -3.62. The van der Waals surface area contributed by atoms with Crippen molar-refractivity contribution < 1.29 is 14.3 Å². The fraction of sp³-hybridized carbons (Fsp3) is 0.276. The maximum atomic E-state index is 13.0. The molecule has 3 aromatic carbocycles. The summed E-state index contributed by atoms with van der Waals surface area (Å²) in [4.78, 5) is 29.2. The van der Waals surface area contributed by atoms with Crippen molar-refractivity contribution in [2.45, 2.75) is 19.8 Å². The third-order valence-corrected chi connectivity index (χ3v) is 6.65. The minimum atomic E-state index is -0.190. The van der Waals surface area contributed by atoms with Crippen LogP contribution < -0.4 is 20.3 Å². The summed E-state index contributed by atoms with van der Waals surface area (Å²) in [7, 11) is 0. The molecule has 1 aliphatic rings. The van der Waals surface area contributed by atoms with E-state index in [0.717, 1.165) is 23.4 Å². The van der Waals surface area contributed by atoms with Gasteiger partial charge in [-0.2, -0.15) is 0 Å². The number of amides is 2. The average Bonchev–Trinajstić information content (AvgIpc) is 2.92. The lowest BCUT2D eigenvalue weighted by molar-refractivity contribution is -0.119. The summed E-state index contributed by atoms with van der Waals surface area (Å²) in [5.41, 5.74) is 3.14. The number of hydrogen-bond donors (Lipinski definition) is 2. The van der Waals surface area contributed by atoms with E-state index in [9.17, 15) is 9.59 Å². The van der Waals surface area contributed by atoms with E-state index >= 15 is 0 Å². The molecule has 198 valence electrons. The zero-order chi connectivity index (χ0) is 26.9. The summed E-state index contributed by atoms with van der Waals surface area (Å²) < 4.78 is 5.60. The predicted octanol–water partition coefficient (Wildman–Crippen LogP) is 5.15. The Balaban J connectivity index is 1.27. The van der Waals surface area contributed by atoms with E-state index < -0.39 is 0 Å². The molecule has 4 rings (SSSR count). The molecule has 1 saturated heterocycles. The molecule has 0 aliphatic carbocycles. The molecular formula is C29H31ClN4O3S. The number of piperazine rings is 1. The van der Waals surface area contributed by atoms with Crippen LogP contribution in [0.1, 0.15) is 29.3 Å². The number of ether oxygens (including phenoxy) is 1. The molecule has 0 saturated carbocycles. The lowest BCUT2D eigenvalue weighted by atomic mass is 10.1. The van der Waals surface area contributed by atoms with Crippen molar-refractivity contribution in [1.29, 1.82) is 0 Å². The van der Waals surface area contributed by atoms with Crippen molar-refractivity contribution >= 4 is 52.1 Å². The molecule has 3 aromatic rings. The molecule has 1 aliphatic heterocycles. The number of nitrogens with one attached hydrogen (secondary N) is 2. The van der Waals surface area contributed by atoms with Crippen LogP contribution in [-0.2, 0) is 11.2 Å². The van der Waals surface area contributed by atoms with Crippen molar-refractivity contribution in [3.05, 3.63) is 88.9 Å². The van der Waals surface area contributed by atoms with Crippen LogP contribution in [0.2, 0.25) is 5.02 Å². The maximum Gasteiger partial charge on any atom is 0.253 e. The zero-order valence-corrected chi connectivity index (χ0v) is 22.9. The number of anilines is 2.